The Kier molecular flexibility index (Phi) is 4.90. The number of nitrogens with zero attached hydrogens (tertiary/aromatic N) is 2. The Morgan fingerprint density at radius 2 is 1.76 bits per heavy atom. The SMILES string of the molecule is CC(O)CN(Cc1ccc([N+](=O)[O-])cc1)c1ccccc1. The zero-order valence-electron chi connectivity index (χ0n) is 11.8. The van der Waals surface area contributed by atoms with Gasteiger partial charge in [0.25, 0.3) is 5.69 Å². The van der Waals surface area contributed by atoms with E-state index in [1.54, 1.807) is 19.1 Å². The molecule has 0 saturated heterocycles. The van der Waals surface area contributed by atoms with Crippen LogP contribution in [0.2, 0.25) is 0 Å². The zero-order chi connectivity index (χ0) is 15.2. The summed E-state index contributed by atoms with van der Waals surface area (Å²) in [6, 6.07) is 16.3. The average molecular weight is 286 g/mol. The molecular weight excluding hydrogens is 268 g/mol. The van der Waals surface area contributed by atoms with Crippen LogP contribution in [-0.4, -0.2) is 22.7 Å². The lowest BCUT2D eigenvalue weighted by Gasteiger charge is -2.26. The van der Waals surface area contributed by atoms with Crippen molar-refractivity contribution in [2.24, 2.45) is 0 Å². The average Bonchev–Trinajstić information content (AvgIpc) is 2.47. The molecule has 0 aliphatic heterocycles. The Bertz CT molecular complexity index is 582. The van der Waals surface area contributed by atoms with Crippen molar-refractivity contribution in [3.05, 3.63) is 70.3 Å². The maximum Gasteiger partial charge on any atom is 0.269 e. The fourth-order valence-corrected chi connectivity index (χ4v) is 2.16. The van der Waals surface area contributed by atoms with Crippen LogP contribution in [-0.2, 0) is 6.54 Å². The van der Waals surface area contributed by atoms with E-state index < -0.39 is 11.0 Å². The van der Waals surface area contributed by atoms with Gasteiger partial charge in [-0.2, -0.15) is 0 Å². The first-order chi connectivity index (χ1) is 10.1. The van der Waals surface area contributed by atoms with Crippen LogP contribution in [0, 0.1) is 10.1 Å². The van der Waals surface area contributed by atoms with Crippen LogP contribution < -0.4 is 4.90 Å². The standard InChI is InChI=1S/C16H18N2O3/c1-13(19)11-17(15-5-3-2-4-6-15)12-14-7-9-16(10-8-14)18(20)21/h2-10,13,19H,11-12H2,1H3. The van der Waals surface area contributed by atoms with Crippen LogP contribution in [0.3, 0.4) is 0 Å². The van der Waals surface area contributed by atoms with Gasteiger partial charge in [0.15, 0.2) is 0 Å². The van der Waals surface area contributed by atoms with Crippen molar-refractivity contribution in [3.63, 3.8) is 0 Å². The van der Waals surface area contributed by atoms with Crippen molar-refractivity contribution in [2.75, 3.05) is 11.4 Å². The van der Waals surface area contributed by atoms with Gasteiger partial charge in [-0.15, -0.1) is 0 Å². The van der Waals surface area contributed by atoms with Crippen LogP contribution in [0.5, 0.6) is 0 Å². The Morgan fingerprint density at radius 3 is 2.29 bits per heavy atom. The minimum atomic E-state index is -0.455. The quantitative estimate of drug-likeness (QED) is 0.655. The number of anilines is 1. The van der Waals surface area contributed by atoms with Crippen LogP contribution in [0.4, 0.5) is 11.4 Å². The smallest absolute Gasteiger partial charge is 0.269 e. The third kappa shape index (κ3) is 4.29. The van der Waals surface area contributed by atoms with Crippen molar-refractivity contribution in [1.29, 1.82) is 0 Å². The van der Waals surface area contributed by atoms with Gasteiger partial charge in [0.05, 0.1) is 11.0 Å². The summed E-state index contributed by atoms with van der Waals surface area (Å²) in [6.45, 7) is 2.83. The Hall–Kier alpha value is -2.40. The third-order valence-corrected chi connectivity index (χ3v) is 3.13. The van der Waals surface area contributed by atoms with Gasteiger partial charge >= 0.3 is 0 Å². The Morgan fingerprint density at radius 1 is 1.14 bits per heavy atom. The highest BCUT2D eigenvalue weighted by Crippen LogP contribution is 2.19. The summed E-state index contributed by atoms with van der Waals surface area (Å²) in [5.41, 5.74) is 2.06. The second kappa shape index (κ2) is 6.85. The topological polar surface area (TPSA) is 66.6 Å². The van der Waals surface area contributed by atoms with E-state index in [4.69, 9.17) is 0 Å². The van der Waals surface area contributed by atoms with Gasteiger partial charge in [-0.3, -0.25) is 10.1 Å². The lowest BCUT2D eigenvalue weighted by molar-refractivity contribution is -0.384. The molecule has 0 aliphatic rings. The molecule has 1 N–H and O–H groups in total. The Balaban J connectivity index is 2.17. The molecule has 0 fully saturated rings. The fourth-order valence-electron chi connectivity index (χ4n) is 2.16. The number of nitro groups is 1. The molecule has 1 unspecified atom stereocenters. The van der Waals surface area contributed by atoms with E-state index in [0.29, 0.717) is 13.1 Å². The van der Waals surface area contributed by atoms with Crippen molar-refractivity contribution < 1.29 is 10.0 Å². The van der Waals surface area contributed by atoms with E-state index in [2.05, 4.69) is 0 Å². The Labute approximate surface area is 123 Å². The minimum absolute atomic E-state index is 0.0838. The van der Waals surface area contributed by atoms with Crippen molar-refractivity contribution in [3.8, 4) is 0 Å². The summed E-state index contributed by atoms with van der Waals surface area (Å²) in [5, 5.41) is 20.3. The number of nitro benzene ring substituents is 1. The molecule has 0 saturated carbocycles. The molecule has 110 valence electrons. The molecule has 0 aliphatic carbocycles. The van der Waals surface area contributed by atoms with Crippen molar-refractivity contribution in [1.82, 2.24) is 0 Å². The van der Waals surface area contributed by atoms with E-state index >= 15 is 0 Å². The third-order valence-electron chi connectivity index (χ3n) is 3.13. The van der Waals surface area contributed by atoms with Crippen molar-refractivity contribution >= 4 is 11.4 Å². The van der Waals surface area contributed by atoms with Crippen LogP contribution >= 0.6 is 0 Å². The fraction of sp³-hybridized carbons (Fsp3) is 0.250. The number of non-ortho nitro benzene ring substituents is 1. The number of aliphatic hydroxyl groups excluding tert-OH is 1. The zero-order valence-corrected chi connectivity index (χ0v) is 11.8. The molecule has 2 aromatic carbocycles. The number of benzene rings is 2. The lowest BCUT2D eigenvalue weighted by Crippen LogP contribution is -2.30. The predicted molar refractivity (Wildman–Crippen MR) is 82.3 cm³/mol. The van der Waals surface area contributed by atoms with Gasteiger partial charge in [-0.1, -0.05) is 30.3 Å². The molecule has 0 bridgehead atoms. The minimum Gasteiger partial charge on any atom is -0.392 e. The molecule has 0 heterocycles. The highest BCUT2D eigenvalue weighted by atomic mass is 16.6. The number of hydrogen-bond acceptors (Lipinski definition) is 4. The van der Waals surface area contributed by atoms with Crippen LogP contribution in [0.1, 0.15) is 12.5 Å². The van der Waals surface area contributed by atoms with Crippen LogP contribution in [0.15, 0.2) is 54.6 Å². The van der Waals surface area contributed by atoms with E-state index in [0.717, 1.165) is 11.3 Å². The molecule has 2 aromatic rings. The molecular formula is C16H18N2O3. The highest BCUT2D eigenvalue weighted by molar-refractivity contribution is 5.47. The molecule has 1 atom stereocenters. The second-order valence-electron chi connectivity index (χ2n) is 4.99. The van der Waals surface area contributed by atoms with Gasteiger partial charge in [-0.05, 0) is 24.6 Å². The number of rotatable bonds is 6. The van der Waals surface area contributed by atoms with Crippen LogP contribution in [0.25, 0.3) is 0 Å². The summed E-state index contributed by atoms with van der Waals surface area (Å²) in [4.78, 5) is 12.3. The maximum atomic E-state index is 10.7. The van der Waals surface area contributed by atoms with Crippen molar-refractivity contribution in [2.45, 2.75) is 19.6 Å². The van der Waals surface area contributed by atoms with E-state index in [1.807, 2.05) is 35.2 Å². The van der Waals surface area contributed by atoms with Gasteiger partial charge in [0.1, 0.15) is 0 Å². The van der Waals surface area contributed by atoms with E-state index in [1.165, 1.54) is 12.1 Å². The lowest BCUT2D eigenvalue weighted by atomic mass is 10.1. The van der Waals surface area contributed by atoms with Gasteiger partial charge in [-0.25, -0.2) is 0 Å². The highest BCUT2D eigenvalue weighted by Gasteiger charge is 2.11. The first kappa shape index (κ1) is 15.0. The molecule has 5 nitrogen and oxygen atoms in total. The van der Waals surface area contributed by atoms with Gasteiger partial charge in [0, 0.05) is 30.9 Å². The first-order valence-electron chi connectivity index (χ1n) is 6.77. The predicted octanol–water partition coefficient (Wildman–Crippen LogP) is 2.98. The van der Waals surface area contributed by atoms with E-state index in [9.17, 15) is 15.2 Å². The normalized spacial score (nSPS) is 11.9. The summed E-state index contributed by atoms with van der Waals surface area (Å²) in [7, 11) is 0. The number of para-hydroxylation sites is 1. The van der Waals surface area contributed by atoms with Gasteiger partial charge < -0.3 is 10.0 Å². The molecule has 2 rings (SSSR count). The molecule has 0 spiro atoms. The van der Waals surface area contributed by atoms with E-state index in [-0.39, 0.29) is 5.69 Å². The largest absolute Gasteiger partial charge is 0.392 e. The second-order valence-corrected chi connectivity index (χ2v) is 4.99. The summed E-state index contributed by atoms with van der Waals surface area (Å²) in [6.07, 6.45) is -0.455. The monoisotopic (exact) mass is 286 g/mol. The molecule has 5 heteroatoms. The number of hydrogen-bond donors (Lipinski definition) is 1. The molecule has 0 amide bonds. The van der Waals surface area contributed by atoms with Gasteiger partial charge in [0.2, 0.25) is 0 Å². The molecule has 0 aromatic heterocycles. The molecule has 0 radical (unpaired) electrons. The maximum absolute atomic E-state index is 10.7. The number of aliphatic hydroxyl groups is 1. The first-order valence-corrected chi connectivity index (χ1v) is 6.77. The summed E-state index contributed by atoms with van der Waals surface area (Å²) < 4.78 is 0. The summed E-state index contributed by atoms with van der Waals surface area (Å²) in [5.74, 6) is 0. The molecule has 21 heavy (non-hydrogen) atoms. The summed E-state index contributed by atoms with van der Waals surface area (Å²) >= 11 is 0.